The van der Waals surface area contributed by atoms with E-state index in [0.29, 0.717) is 19.7 Å². The normalized spacial score (nSPS) is 20.3. The number of ether oxygens (including phenoxy) is 1. The van der Waals surface area contributed by atoms with Crippen LogP contribution >= 0.6 is 0 Å². The molecule has 1 atom stereocenters. The molecule has 1 unspecified atom stereocenters. The monoisotopic (exact) mass is 220 g/mol. The second-order valence-corrected chi connectivity index (χ2v) is 3.74. The molecule has 2 N–H and O–H groups in total. The lowest BCUT2D eigenvalue weighted by atomic mass is 10.1. The number of rotatable bonds is 3. The Kier molecular flexibility index (Phi) is 3.41. The molecule has 0 bridgehead atoms. The molecule has 4 nitrogen and oxygen atoms in total. The van der Waals surface area contributed by atoms with E-state index in [1.807, 2.05) is 31.2 Å². The maximum Gasteiger partial charge on any atom is 0.234 e. The highest BCUT2D eigenvalue weighted by atomic mass is 16.5. The molecule has 1 aromatic rings. The summed E-state index contributed by atoms with van der Waals surface area (Å²) in [6.07, 6.45) is 0. The van der Waals surface area contributed by atoms with Gasteiger partial charge in [-0.1, -0.05) is 12.1 Å². The number of carbonyl (C=O) groups excluding carboxylic acids is 1. The molecular formula is C12H16N2O2. The molecule has 86 valence electrons. The fourth-order valence-electron chi connectivity index (χ4n) is 1.79. The predicted octanol–water partition coefficient (Wildman–Crippen LogP) is 0.846. The van der Waals surface area contributed by atoms with E-state index < -0.39 is 0 Å². The quantitative estimate of drug-likeness (QED) is 0.794. The van der Waals surface area contributed by atoms with Crippen LogP contribution in [0.25, 0.3) is 0 Å². The molecule has 0 aromatic heterocycles. The maximum atomic E-state index is 11.0. The van der Waals surface area contributed by atoms with Crippen molar-refractivity contribution in [2.24, 2.45) is 0 Å². The fraction of sp³-hybridized carbons (Fsp3) is 0.417. The summed E-state index contributed by atoms with van der Waals surface area (Å²) in [5, 5.41) is 6.03. The third-order valence-electron chi connectivity index (χ3n) is 2.58. The van der Waals surface area contributed by atoms with Gasteiger partial charge in [-0.25, -0.2) is 0 Å². The number of hydrogen-bond donors (Lipinski definition) is 2. The molecule has 1 heterocycles. The summed E-state index contributed by atoms with van der Waals surface area (Å²) in [5.41, 5.74) is 1.14. The topological polar surface area (TPSA) is 50.4 Å². The van der Waals surface area contributed by atoms with Crippen molar-refractivity contribution in [2.45, 2.75) is 13.0 Å². The van der Waals surface area contributed by atoms with E-state index in [1.165, 1.54) is 0 Å². The van der Waals surface area contributed by atoms with Gasteiger partial charge in [-0.2, -0.15) is 0 Å². The lowest BCUT2D eigenvalue weighted by Crippen LogP contribution is -2.46. The second-order valence-electron chi connectivity index (χ2n) is 3.74. The first kappa shape index (κ1) is 11.0. The number of hydrogen-bond acceptors (Lipinski definition) is 3. The Balaban J connectivity index is 2.08. The van der Waals surface area contributed by atoms with Crippen LogP contribution in [0.3, 0.4) is 0 Å². The minimum atomic E-state index is 0.0530. The van der Waals surface area contributed by atoms with Crippen LogP contribution < -0.4 is 15.4 Å². The van der Waals surface area contributed by atoms with Gasteiger partial charge in [0, 0.05) is 6.54 Å². The van der Waals surface area contributed by atoms with E-state index in [1.54, 1.807) is 0 Å². The molecular weight excluding hydrogens is 204 g/mol. The van der Waals surface area contributed by atoms with Crippen molar-refractivity contribution >= 4 is 5.91 Å². The van der Waals surface area contributed by atoms with Crippen molar-refractivity contribution in [3.8, 4) is 5.75 Å². The lowest BCUT2D eigenvalue weighted by Gasteiger charge is -2.24. The summed E-state index contributed by atoms with van der Waals surface area (Å²) in [4.78, 5) is 11.0. The summed E-state index contributed by atoms with van der Waals surface area (Å²) in [5.74, 6) is 0.927. The predicted molar refractivity (Wildman–Crippen MR) is 61.4 cm³/mol. The minimum absolute atomic E-state index is 0.0530. The zero-order valence-electron chi connectivity index (χ0n) is 9.32. The Morgan fingerprint density at radius 3 is 3.06 bits per heavy atom. The Hall–Kier alpha value is -1.55. The zero-order valence-corrected chi connectivity index (χ0v) is 9.32. The number of amides is 1. The van der Waals surface area contributed by atoms with Gasteiger partial charge < -0.3 is 10.1 Å². The first-order valence-electron chi connectivity index (χ1n) is 5.52. The number of nitrogens with one attached hydrogen (secondary N) is 2. The number of carbonyl (C=O) groups is 1. The van der Waals surface area contributed by atoms with Gasteiger partial charge >= 0.3 is 0 Å². The third kappa shape index (κ3) is 2.52. The molecule has 4 heteroatoms. The van der Waals surface area contributed by atoms with Crippen LogP contribution in [-0.4, -0.2) is 25.6 Å². The zero-order chi connectivity index (χ0) is 11.4. The first-order valence-corrected chi connectivity index (χ1v) is 5.52. The molecule has 1 aliphatic heterocycles. The van der Waals surface area contributed by atoms with Crippen molar-refractivity contribution in [1.82, 2.24) is 10.6 Å². The van der Waals surface area contributed by atoms with E-state index in [2.05, 4.69) is 10.6 Å². The van der Waals surface area contributed by atoms with Crippen LogP contribution in [-0.2, 0) is 4.79 Å². The highest BCUT2D eigenvalue weighted by molar-refractivity contribution is 5.78. The molecule has 0 saturated carbocycles. The average molecular weight is 220 g/mol. The molecule has 16 heavy (non-hydrogen) atoms. The van der Waals surface area contributed by atoms with Crippen molar-refractivity contribution in [1.29, 1.82) is 0 Å². The number of benzene rings is 1. The molecule has 1 aliphatic rings. The van der Waals surface area contributed by atoms with E-state index in [9.17, 15) is 4.79 Å². The van der Waals surface area contributed by atoms with Gasteiger partial charge in [-0.15, -0.1) is 0 Å². The van der Waals surface area contributed by atoms with Gasteiger partial charge in [0.2, 0.25) is 5.91 Å². The van der Waals surface area contributed by atoms with Crippen LogP contribution in [0.2, 0.25) is 0 Å². The van der Waals surface area contributed by atoms with Crippen LogP contribution in [0.5, 0.6) is 5.75 Å². The molecule has 1 saturated heterocycles. The van der Waals surface area contributed by atoms with Crippen molar-refractivity contribution in [3.05, 3.63) is 29.8 Å². The van der Waals surface area contributed by atoms with Crippen LogP contribution in [0.4, 0.5) is 0 Å². The van der Waals surface area contributed by atoms with Gasteiger partial charge in [0.05, 0.1) is 19.2 Å². The van der Waals surface area contributed by atoms with E-state index in [4.69, 9.17) is 4.74 Å². The smallest absolute Gasteiger partial charge is 0.234 e. The van der Waals surface area contributed by atoms with E-state index in [0.717, 1.165) is 11.3 Å². The molecule has 1 aromatic carbocycles. The first-order chi connectivity index (χ1) is 7.79. The Morgan fingerprint density at radius 1 is 1.50 bits per heavy atom. The standard InChI is InChI=1S/C12H16N2O2/c1-2-16-10-5-3-4-9(6-10)11-7-14-12(15)8-13-11/h3-6,11,13H,2,7-8H2,1H3,(H,14,15). The SMILES string of the molecule is CCOc1cccc(C2CNC(=O)CN2)c1. The van der Waals surface area contributed by atoms with Crippen LogP contribution in [0.1, 0.15) is 18.5 Å². The molecule has 1 amide bonds. The third-order valence-corrected chi connectivity index (χ3v) is 2.58. The van der Waals surface area contributed by atoms with Crippen molar-refractivity contribution in [2.75, 3.05) is 19.7 Å². The fourth-order valence-corrected chi connectivity index (χ4v) is 1.79. The Labute approximate surface area is 95.0 Å². The second kappa shape index (κ2) is 4.99. The summed E-state index contributed by atoms with van der Waals surface area (Å²) in [7, 11) is 0. The van der Waals surface area contributed by atoms with Crippen molar-refractivity contribution in [3.63, 3.8) is 0 Å². The van der Waals surface area contributed by atoms with Gasteiger partial charge in [0.1, 0.15) is 5.75 Å². The summed E-state index contributed by atoms with van der Waals surface area (Å²) < 4.78 is 5.44. The van der Waals surface area contributed by atoms with E-state index >= 15 is 0 Å². The molecule has 2 rings (SSSR count). The Bertz CT molecular complexity index is 369. The molecule has 0 aliphatic carbocycles. The molecule has 0 spiro atoms. The van der Waals surface area contributed by atoms with E-state index in [-0.39, 0.29) is 11.9 Å². The largest absolute Gasteiger partial charge is 0.494 e. The summed E-state index contributed by atoms with van der Waals surface area (Å²) in [6.45, 7) is 3.64. The molecule has 1 fully saturated rings. The average Bonchev–Trinajstić information content (AvgIpc) is 2.31. The lowest BCUT2D eigenvalue weighted by molar-refractivity contribution is -0.121. The summed E-state index contributed by atoms with van der Waals surface area (Å²) >= 11 is 0. The summed E-state index contributed by atoms with van der Waals surface area (Å²) in [6, 6.07) is 8.14. The Morgan fingerprint density at radius 2 is 2.38 bits per heavy atom. The van der Waals surface area contributed by atoms with Gasteiger partial charge in [0.15, 0.2) is 0 Å². The van der Waals surface area contributed by atoms with Gasteiger partial charge in [-0.05, 0) is 24.6 Å². The van der Waals surface area contributed by atoms with Gasteiger partial charge in [-0.3, -0.25) is 10.1 Å². The van der Waals surface area contributed by atoms with Gasteiger partial charge in [0.25, 0.3) is 0 Å². The van der Waals surface area contributed by atoms with Crippen molar-refractivity contribution < 1.29 is 9.53 Å². The highest BCUT2D eigenvalue weighted by Crippen LogP contribution is 2.19. The molecule has 0 radical (unpaired) electrons. The maximum absolute atomic E-state index is 11.0. The highest BCUT2D eigenvalue weighted by Gasteiger charge is 2.18. The van der Waals surface area contributed by atoms with Crippen LogP contribution in [0.15, 0.2) is 24.3 Å². The number of piperazine rings is 1. The van der Waals surface area contributed by atoms with Crippen LogP contribution in [0, 0.1) is 0 Å². The minimum Gasteiger partial charge on any atom is -0.494 e.